The van der Waals surface area contributed by atoms with Crippen LogP contribution in [-0.4, -0.2) is 4.99 Å². The van der Waals surface area contributed by atoms with Crippen LogP contribution in [0.4, 0.5) is 0 Å². The van der Waals surface area contributed by atoms with Crippen LogP contribution >= 0.6 is 12.2 Å². The Labute approximate surface area is 131 Å². The van der Waals surface area contributed by atoms with Crippen molar-refractivity contribution in [1.82, 2.24) is 0 Å². The number of thiocarbonyl (C=S) groups is 1. The van der Waals surface area contributed by atoms with Crippen molar-refractivity contribution < 1.29 is 4.74 Å². The first-order valence-electron chi connectivity index (χ1n) is 6.98. The van der Waals surface area contributed by atoms with Crippen LogP contribution in [0.2, 0.25) is 0 Å². The van der Waals surface area contributed by atoms with E-state index >= 15 is 0 Å². The third kappa shape index (κ3) is 4.30. The second-order valence-electron chi connectivity index (χ2n) is 6.12. The van der Waals surface area contributed by atoms with Gasteiger partial charge in [-0.1, -0.05) is 69.4 Å². The minimum Gasteiger partial charge on any atom is -0.489 e. The Kier molecular flexibility index (Phi) is 4.63. The maximum Gasteiger partial charge on any atom is 0.119 e. The number of benzene rings is 2. The zero-order valence-corrected chi connectivity index (χ0v) is 13.5. The van der Waals surface area contributed by atoms with E-state index in [2.05, 4.69) is 32.9 Å². The van der Waals surface area contributed by atoms with Crippen LogP contribution in [0.5, 0.6) is 5.75 Å². The largest absolute Gasteiger partial charge is 0.489 e. The Morgan fingerprint density at radius 2 is 1.57 bits per heavy atom. The lowest BCUT2D eigenvalue weighted by molar-refractivity contribution is 0.306. The standard InChI is InChI=1S/C18H21NOS/c1-18(2,3)15-8-10-16(11-9-15)20-12-13-4-6-14(7-5-13)17(19)21/h4-11H,12H2,1-3H3,(H2,19,21). The topological polar surface area (TPSA) is 35.2 Å². The van der Waals surface area contributed by atoms with Crippen molar-refractivity contribution >= 4 is 17.2 Å². The lowest BCUT2D eigenvalue weighted by Crippen LogP contribution is -2.10. The fourth-order valence-corrected chi connectivity index (χ4v) is 2.12. The molecule has 0 saturated heterocycles. The predicted octanol–water partition coefficient (Wildman–Crippen LogP) is 4.20. The predicted molar refractivity (Wildman–Crippen MR) is 91.8 cm³/mol. The minimum atomic E-state index is 0.162. The van der Waals surface area contributed by atoms with Gasteiger partial charge in [-0.05, 0) is 28.7 Å². The first kappa shape index (κ1) is 15.5. The lowest BCUT2D eigenvalue weighted by atomic mass is 9.87. The summed E-state index contributed by atoms with van der Waals surface area (Å²) >= 11 is 4.94. The summed E-state index contributed by atoms with van der Waals surface area (Å²) in [5.74, 6) is 0.876. The van der Waals surface area contributed by atoms with Gasteiger partial charge in [-0.2, -0.15) is 0 Å². The van der Waals surface area contributed by atoms with Gasteiger partial charge in [0.05, 0.1) is 0 Å². The van der Waals surface area contributed by atoms with Gasteiger partial charge in [0.15, 0.2) is 0 Å². The molecule has 0 amide bonds. The smallest absolute Gasteiger partial charge is 0.119 e. The molecule has 0 radical (unpaired) electrons. The van der Waals surface area contributed by atoms with Crippen molar-refractivity contribution in [3.05, 3.63) is 65.2 Å². The second kappa shape index (κ2) is 6.27. The van der Waals surface area contributed by atoms with Gasteiger partial charge in [-0.25, -0.2) is 0 Å². The molecule has 2 N–H and O–H groups in total. The van der Waals surface area contributed by atoms with E-state index in [1.54, 1.807) is 0 Å². The van der Waals surface area contributed by atoms with Crippen LogP contribution in [0, 0.1) is 0 Å². The molecule has 2 aromatic rings. The number of rotatable bonds is 4. The van der Waals surface area contributed by atoms with E-state index in [4.69, 9.17) is 22.7 Å². The number of ether oxygens (including phenoxy) is 1. The van der Waals surface area contributed by atoms with Gasteiger partial charge in [-0.15, -0.1) is 0 Å². The maximum absolute atomic E-state index is 5.80. The average molecular weight is 299 g/mol. The van der Waals surface area contributed by atoms with Crippen molar-refractivity contribution in [1.29, 1.82) is 0 Å². The van der Waals surface area contributed by atoms with Gasteiger partial charge in [0, 0.05) is 5.56 Å². The summed E-state index contributed by atoms with van der Waals surface area (Å²) in [5, 5.41) is 0. The fraction of sp³-hybridized carbons (Fsp3) is 0.278. The van der Waals surface area contributed by atoms with Crippen molar-refractivity contribution in [3.63, 3.8) is 0 Å². The molecule has 2 aromatic carbocycles. The van der Waals surface area contributed by atoms with Gasteiger partial charge >= 0.3 is 0 Å². The highest BCUT2D eigenvalue weighted by atomic mass is 32.1. The van der Waals surface area contributed by atoms with E-state index < -0.39 is 0 Å². The molecule has 0 heterocycles. The molecule has 21 heavy (non-hydrogen) atoms. The van der Waals surface area contributed by atoms with Crippen molar-refractivity contribution in [2.75, 3.05) is 0 Å². The summed E-state index contributed by atoms with van der Waals surface area (Å²) in [5.41, 5.74) is 9.01. The summed E-state index contributed by atoms with van der Waals surface area (Å²) in [7, 11) is 0. The minimum absolute atomic E-state index is 0.162. The van der Waals surface area contributed by atoms with Crippen molar-refractivity contribution in [2.24, 2.45) is 5.73 Å². The van der Waals surface area contributed by atoms with Crippen LogP contribution < -0.4 is 10.5 Å². The molecular formula is C18H21NOS. The summed E-state index contributed by atoms with van der Waals surface area (Å²) in [4.78, 5) is 0.417. The Morgan fingerprint density at radius 1 is 1.00 bits per heavy atom. The summed E-state index contributed by atoms with van der Waals surface area (Å²) in [6.45, 7) is 7.14. The van der Waals surface area contributed by atoms with Gasteiger partial charge in [0.2, 0.25) is 0 Å². The van der Waals surface area contributed by atoms with Crippen LogP contribution in [0.1, 0.15) is 37.5 Å². The molecule has 2 nitrogen and oxygen atoms in total. The first-order valence-corrected chi connectivity index (χ1v) is 7.39. The van der Waals surface area contributed by atoms with E-state index in [1.807, 2.05) is 36.4 Å². The molecule has 0 bridgehead atoms. The molecule has 0 spiro atoms. The molecule has 0 aliphatic heterocycles. The third-order valence-electron chi connectivity index (χ3n) is 3.36. The molecule has 0 atom stereocenters. The molecule has 0 aromatic heterocycles. The summed E-state index contributed by atoms with van der Waals surface area (Å²) < 4.78 is 5.80. The van der Waals surface area contributed by atoms with Crippen LogP contribution in [-0.2, 0) is 12.0 Å². The molecule has 0 saturated carbocycles. The maximum atomic E-state index is 5.80. The van der Waals surface area contributed by atoms with Crippen molar-refractivity contribution in [3.8, 4) is 5.75 Å². The molecular weight excluding hydrogens is 278 g/mol. The quantitative estimate of drug-likeness (QED) is 0.859. The highest BCUT2D eigenvalue weighted by molar-refractivity contribution is 7.80. The summed E-state index contributed by atoms with van der Waals surface area (Å²) in [6, 6.07) is 16.1. The Balaban J connectivity index is 1.98. The van der Waals surface area contributed by atoms with Crippen molar-refractivity contribution in [2.45, 2.75) is 32.8 Å². The SMILES string of the molecule is CC(C)(C)c1ccc(OCc2ccc(C(N)=S)cc2)cc1. The molecule has 2 rings (SSSR count). The molecule has 0 aliphatic carbocycles. The highest BCUT2D eigenvalue weighted by Crippen LogP contribution is 2.24. The van der Waals surface area contributed by atoms with E-state index in [-0.39, 0.29) is 5.41 Å². The van der Waals surface area contributed by atoms with E-state index in [0.29, 0.717) is 11.6 Å². The Bertz CT molecular complexity index is 609. The zero-order chi connectivity index (χ0) is 15.5. The van der Waals surface area contributed by atoms with Crippen LogP contribution in [0.3, 0.4) is 0 Å². The average Bonchev–Trinajstić information content (AvgIpc) is 2.45. The number of hydrogen-bond donors (Lipinski definition) is 1. The van der Waals surface area contributed by atoms with Crippen LogP contribution in [0.25, 0.3) is 0 Å². The molecule has 3 heteroatoms. The number of nitrogens with two attached hydrogens (primary N) is 1. The molecule has 0 aliphatic rings. The van der Waals surface area contributed by atoms with E-state index in [1.165, 1.54) is 5.56 Å². The summed E-state index contributed by atoms with van der Waals surface area (Å²) in [6.07, 6.45) is 0. The zero-order valence-electron chi connectivity index (χ0n) is 12.7. The van der Waals surface area contributed by atoms with Gasteiger partial charge in [0.25, 0.3) is 0 Å². The van der Waals surface area contributed by atoms with E-state index in [0.717, 1.165) is 16.9 Å². The monoisotopic (exact) mass is 299 g/mol. The molecule has 0 fully saturated rings. The third-order valence-corrected chi connectivity index (χ3v) is 3.60. The van der Waals surface area contributed by atoms with Crippen LogP contribution in [0.15, 0.2) is 48.5 Å². The fourth-order valence-electron chi connectivity index (χ4n) is 1.98. The Morgan fingerprint density at radius 3 is 2.05 bits per heavy atom. The first-order chi connectivity index (χ1) is 9.86. The lowest BCUT2D eigenvalue weighted by Gasteiger charge is -2.19. The Hall–Kier alpha value is -1.87. The van der Waals surface area contributed by atoms with Gasteiger partial charge in [-0.3, -0.25) is 0 Å². The second-order valence-corrected chi connectivity index (χ2v) is 6.56. The highest BCUT2D eigenvalue weighted by Gasteiger charge is 2.12. The van der Waals surface area contributed by atoms with E-state index in [9.17, 15) is 0 Å². The van der Waals surface area contributed by atoms with Gasteiger partial charge in [0.1, 0.15) is 17.3 Å². The molecule has 110 valence electrons. The molecule has 0 unspecified atom stereocenters. The normalized spacial score (nSPS) is 11.2. The van der Waals surface area contributed by atoms with Gasteiger partial charge < -0.3 is 10.5 Å². The number of hydrogen-bond acceptors (Lipinski definition) is 2.